The van der Waals surface area contributed by atoms with Crippen molar-refractivity contribution in [1.29, 1.82) is 0 Å². The number of hydrogen-bond acceptors (Lipinski definition) is 8. The van der Waals surface area contributed by atoms with Gasteiger partial charge in [0, 0.05) is 38.8 Å². The molecular formula is C21H25N5O3S. The van der Waals surface area contributed by atoms with E-state index >= 15 is 0 Å². The predicted octanol–water partition coefficient (Wildman–Crippen LogP) is 2.98. The molecule has 0 aromatic carbocycles. The Morgan fingerprint density at radius 3 is 2.87 bits per heavy atom. The van der Waals surface area contributed by atoms with Crippen LogP contribution in [0.2, 0.25) is 0 Å². The summed E-state index contributed by atoms with van der Waals surface area (Å²) in [6.45, 7) is 6.40. The number of carbonyl (C=O) groups is 1. The largest absolute Gasteiger partial charge is 0.477 e. The van der Waals surface area contributed by atoms with Crippen LogP contribution in [0.25, 0.3) is 10.7 Å². The van der Waals surface area contributed by atoms with Crippen LogP contribution in [0.1, 0.15) is 29.6 Å². The molecule has 4 heterocycles. The molecule has 0 aliphatic carbocycles. The second kappa shape index (κ2) is 9.82. The first kappa shape index (κ1) is 20.5. The van der Waals surface area contributed by atoms with E-state index in [0.29, 0.717) is 42.9 Å². The summed E-state index contributed by atoms with van der Waals surface area (Å²) in [5.41, 5.74) is 0.533. The maximum atomic E-state index is 12.9. The molecule has 3 aromatic heterocycles. The first-order chi connectivity index (χ1) is 14.7. The summed E-state index contributed by atoms with van der Waals surface area (Å²) in [6, 6.07) is 7.52. The Hall–Kier alpha value is -2.78. The molecule has 0 unspecified atom stereocenters. The van der Waals surface area contributed by atoms with E-state index in [0.717, 1.165) is 37.4 Å². The first-order valence-electron chi connectivity index (χ1n) is 10.2. The Morgan fingerprint density at radius 2 is 2.10 bits per heavy atom. The molecule has 3 aromatic rings. The fourth-order valence-corrected chi connectivity index (χ4v) is 4.12. The third kappa shape index (κ3) is 4.85. The van der Waals surface area contributed by atoms with Crippen molar-refractivity contribution in [1.82, 2.24) is 24.9 Å². The van der Waals surface area contributed by atoms with Crippen LogP contribution in [0.15, 0.2) is 40.4 Å². The van der Waals surface area contributed by atoms with E-state index in [1.807, 2.05) is 29.3 Å². The number of aryl methyl sites for hydroxylation is 1. The van der Waals surface area contributed by atoms with Crippen molar-refractivity contribution in [3.8, 4) is 16.6 Å². The first-order valence-corrected chi connectivity index (χ1v) is 11.1. The van der Waals surface area contributed by atoms with Crippen LogP contribution in [-0.4, -0.2) is 70.2 Å². The highest BCUT2D eigenvalue weighted by atomic mass is 32.1. The van der Waals surface area contributed by atoms with Gasteiger partial charge in [0.05, 0.1) is 11.5 Å². The number of nitrogens with zero attached hydrogens (tertiary/aromatic N) is 5. The van der Waals surface area contributed by atoms with Crippen molar-refractivity contribution in [2.24, 2.45) is 0 Å². The second-order valence-corrected chi connectivity index (χ2v) is 7.96. The average Bonchev–Trinajstić information content (AvgIpc) is 3.47. The molecule has 4 rings (SSSR count). The van der Waals surface area contributed by atoms with E-state index in [2.05, 4.69) is 20.0 Å². The van der Waals surface area contributed by atoms with Gasteiger partial charge in [-0.1, -0.05) is 11.2 Å². The Kier molecular flexibility index (Phi) is 6.70. The lowest BCUT2D eigenvalue weighted by Gasteiger charge is -2.34. The molecule has 1 fully saturated rings. The van der Waals surface area contributed by atoms with Gasteiger partial charge in [0.15, 0.2) is 0 Å². The zero-order valence-corrected chi connectivity index (χ0v) is 17.8. The molecule has 0 N–H and O–H groups in total. The minimum atomic E-state index is -0.0156. The maximum Gasteiger partial charge on any atom is 0.259 e. The summed E-state index contributed by atoms with van der Waals surface area (Å²) in [6.07, 6.45) is 3.34. The van der Waals surface area contributed by atoms with E-state index < -0.39 is 0 Å². The van der Waals surface area contributed by atoms with Crippen LogP contribution in [0.5, 0.6) is 5.88 Å². The number of ether oxygens (including phenoxy) is 1. The predicted molar refractivity (Wildman–Crippen MR) is 114 cm³/mol. The molecular weight excluding hydrogens is 402 g/mol. The SMILES string of the molecule is CCOc1ncccc1C(=O)N1CCN(CCCc2nc(-c3cccs3)no2)CC1. The second-order valence-electron chi connectivity index (χ2n) is 7.02. The molecule has 1 saturated heterocycles. The van der Waals surface area contributed by atoms with Gasteiger partial charge in [-0.25, -0.2) is 4.98 Å². The monoisotopic (exact) mass is 427 g/mol. The lowest BCUT2D eigenvalue weighted by atomic mass is 10.2. The summed E-state index contributed by atoms with van der Waals surface area (Å²) >= 11 is 1.60. The number of hydrogen-bond donors (Lipinski definition) is 0. The number of pyridine rings is 1. The molecule has 0 radical (unpaired) electrons. The topological polar surface area (TPSA) is 84.6 Å². The van der Waals surface area contributed by atoms with Crippen LogP contribution >= 0.6 is 11.3 Å². The Balaban J connectivity index is 1.23. The zero-order valence-electron chi connectivity index (χ0n) is 17.0. The van der Waals surface area contributed by atoms with Gasteiger partial charge < -0.3 is 14.2 Å². The van der Waals surface area contributed by atoms with Crippen molar-refractivity contribution in [3.05, 3.63) is 47.3 Å². The minimum absolute atomic E-state index is 0.0156. The molecule has 30 heavy (non-hydrogen) atoms. The summed E-state index contributed by atoms with van der Waals surface area (Å²) in [4.78, 5) is 26.8. The fourth-order valence-electron chi connectivity index (χ4n) is 3.47. The van der Waals surface area contributed by atoms with E-state index in [1.54, 1.807) is 29.7 Å². The smallest absolute Gasteiger partial charge is 0.259 e. The minimum Gasteiger partial charge on any atom is -0.477 e. The van der Waals surface area contributed by atoms with Gasteiger partial charge in [-0.3, -0.25) is 9.69 Å². The van der Waals surface area contributed by atoms with Gasteiger partial charge in [-0.2, -0.15) is 4.98 Å². The normalized spacial score (nSPS) is 14.8. The van der Waals surface area contributed by atoms with Gasteiger partial charge in [0.2, 0.25) is 17.6 Å². The van der Waals surface area contributed by atoms with Crippen LogP contribution in [0.3, 0.4) is 0 Å². The van der Waals surface area contributed by atoms with Crippen molar-refractivity contribution >= 4 is 17.2 Å². The lowest BCUT2D eigenvalue weighted by molar-refractivity contribution is 0.0630. The summed E-state index contributed by atoms with van der Waals surface area (Å²) < 4.78 is 10.9. The summed E-state index contributed by atoms with van der Waals surface area (Å²) in [7, 11) is 0. The van der Waals surface area contributed by atoms with Crippen LogP contribution in [-0.2, 0) is 6.42 Å². The Morgan fingerprint density at radius 1 is 1.23 bits per heavy atom. The molecule has 158 valence electrons. The summed E-state index contributed by atoms with van der Waals surface area (Å²) in [5, 5.41) is 6.06. The van der Waals surface area contributed by atoms with Gasteiger partial charge in [0.25, 0.3) is 5.91 Å². The van der Waals surface area contributed by atoms with Crippen LogP contribution in [0.4, 0.5) is 0 Å². The number of piperazine rings is 1. The Bertz CT molecular complexity index is 951. The quantitative estimate of drug-likeness (QED) is 0.546. The van der Waals surface area contributed by atoms with Crippen molar-refractivity contribution in [3.63, 3.8) is 0 Å². The van der Waals surface area contributed by atoms with Crippen molar-refractivity contribution in [2.75, 3.05) is 39.3 Å². The Labute approximate surface area is 179 Å². The van der Waals surface area contributed by atoms with E-state index in [1.165, 1.54) is 0 Å². The molecule has 0 atom stereocenters. The molecule has 0 saturated carbocycles. The highest BCUT2D eigenvalue weighted by molar-refractivity contribution is 7.13. The molecule has 0 bridgehead atoms. The van der Waals surface area contributed by atoms with Gasteiger partial charge in [-0.15, -0.1) is 11.3 Å². The highest BCUT2D eigenvalue weighted by Crippen LogP contribution is 2.22. The molecule has 0 spiro atoms. The zero-order chi connectivity index (χ0) is 20.8. The van der Waals surface area contributed by atoms with Crippen molar-refractivity contribution in [2.45, 2.75) is 19.8 Å². The molecule has 8 nitrogen and oxygen atoms in total. The number of aromatic nitrogens is 3. The average molecular weight is 428 g/mol. The number of rotatable bonds is 8. The fraction of sp³-hybridized carbons (Fsp3) is 0.429. The molecule has 1 aliphatic heterocycles. The highest BCUT2D eigenvalue weighted by Gasteiger charge is 2.24. The number of thiophene rings is 1. The third-order valence-electron chi connectivity index (χ3n) is 5.02. The maximum absolute atomic E-state index is 12.9. The van der Waals surface area contributed by atoms with Gasteiger partial charge >= 0.3 is 0 Å². The standard InChI is InChI=1S/C21H25N5O3S/c1-2-28-20-16(6-3-9-22-20)21(27)26-13-11-25(12-14-26)10-4-8-18-23-19(24-29-18)17-7-5-15-30-17/h3,5-7,9,15H,2,4,8,10-14H2,1H3. The molecule has 9 heteroatoms. The molecule has 1 amide bonds. The summed E-state index contributed by atoms with van der Waals surface area (Å²) in [5.74, 6) is 1.73. The van der Waals surface area contributed by atoms with Crippen LogP contribution < -0.4 is 4.74 Å². The third-order valence-corrected chi connectivity index (χ3v) is 5.88. The van der Waals surface area contributed by atoms with E-state index in [9.17, 15) is 4.79 Å². The van der Waals surface area contributed by atoms with E-state index in [-0.39, 0.29) is 5.91 Å². The van der Waals surface area contributed by atoms with Gasteiger partial charge in [-0.05, 0) is 43.5 Å². The molecule has 1 aliphatic rings. The number of carbonyl (C=O) groups excluding carboxylic acids is 1. The lowest BCUT2D eigenvalue weighted by Crippen LogP contribution is -2.49. The number of amides is 1. The van der Waals surface area contributed by atoms with Gasteiger partial charge in [0.1, 0.15) is 5.56 Å². The van der Waals surface area contributed by atoms with Crippen molar-refractivity contribution < 1.29 is 14.1 Å². The van der Waals surface area contributed by atoms with Crippen LogP contribution in [0, 0.1) is 0 Å². The van der Waals surface area contributed by atoms with E-state index in [4.69, 9.17) is 9.26 Å².